The third kappa shape index (κ3) is 2.08. The van der Waals surface area contributed by atoms with Crippen LogP contribution < -0.4 is 0 Å². The van der Waals surface area contributed by atoms with Crippen molar-refractivity contribution >= 4 is 26.8 Å². The molecule has 0 aliphatic heterocycles. The lowest BCUT2D eigenvalue weighted by molar-refractivity contribution is 0.288. The summed E-state index contributed by atoms with van der Waals surface area (Å²) in [5.41, 5.74) is 3.69. The van der Waals surface area contributed by atoms with E-state index in [-0.39, 0.29) is 6.61 Å². The fourth-order valence-electron chi connectivity index (χ4n) is 1.93. The van der Waals surface area contributed by atoms with E-state index < -0.39 is 0 Å². The predicted octanol–water partition coefficient (Wildman–Crippen LogP) is 3.16. The smallest absolute Gasteiger partial charge is 0.0459 e. The molecule has 1 aromatic carbocycles. The molecule has 15 heavy (non-hydrogen) atoms. The molecule has 1 heterocycles. The van der Waals surface area contributed by atoms with E-state index in [1.807, 2.05) is 6.07 Å². The van der Waals surface area contributed by atoms with Crippen LogP contribution in [-0.2, 0) is 6.42 Å². The Labute approximate surface area is 97.4 Å². The minimum atomic E-state index is 0.250. The number of hydrogen-bond donors (Lipinski definition) is 2. The molecule has 0 radical (unpaired) electrons. The maximum atomic E-state index is 8.86. The minimum absolute atomic E-state index is 0.250. The highest BCUT2D eigenvalue weighted by Crippen LogP contribution is 2.26. The Morgan fingerprint density at radius 1 is 1.40 bits per heavy atom. The van der Waals surface area contributed by atoms with Crippen molar-refractivity contribution in [3.05, 3.63) is 33.9 Å². The van der Waals surface area contributed by atoms with E-state index in [0.29, 0.717) is 0 Å². The van der Waals surface area contributed by atoms with Gasteiger partial charge in [0.05, 0.1) is 0 Å². The highest BCUT2D eigenvalue weighted by molar-refractivity contribution is 9.10. The number of H-pyrrole nitrogens is 1. The van der Waals surface area contributed by atoms with Gasteiger partial charge in [-0.15, -0.1) is 0 Å². The van der Waals surface area contributed by atoms with Gasteiger partial charge < -0.3 is 10.1 Å². The van der Waals surface area contributed by atoms with Gasteiger partial charge in [-0.1, -0.05) is 15.9 Å². The van der Waals surface area contributed by atoms with Gasteiger partial charge in [0.2, 0.25) is 0 Å². The van der Waals surface area contributed by atoms with Crippen molar-refractivity contribution < 1.29 is 5.11 Å². The number of aromatic nitrogens is 1. The fraction of sp³-hybridized carbons (Fsp3) is 0.333. The van der Waals surface area contributed by atoms with Crippen molar-refractivity contribution in [1.29, 1.82) is 0 Å². The standard InChI is InChI=1S/C12H14BrNO/c1-8-10(3-2-6-15)11-7-9(13)4-5-12(11)14-8/h4-5,7,14-15H,2-3,6H2,1H3. The van der Waals surface area contributed by atoms with Crippen molar-refractivity contribution in [2.45, 2.75) is 19.8 Å². The number of aromatic amines is 1. The van der Waals surface area contributed by atoms with Gasteiger partial charge in [0.15, 0.2) is 0 Å². The first kappa shape index (κ1) is 10.7. The van der Waals surface area contributed by atoms with Gasteiger partial charge in [-0.05, 0) is 43.5 Å². The average Bonchev–Trinajstić information content (AvgIpc) is 2.51. The highest BCUT2D eigenvalue weighted by Gasteiger charge is 2.07. The van der Waals surface area contributed by atoms with Crippen molar-refractivity contribution in [2.75, 3.05) is 6.61 Å². The molecule has 2 rings (SSSR count). The Kier molecular flexibility index (Phi) is 3.12. The van der Waals surface area contributed by atoms with E-state index in [4.69, 9.17) is 5.11 Å². The van der Waals surface area contributed by atoms with Crippen LogP contribution >= 0.6 is 15.9 Å². The maximum Gasteiger partial charge on any atom is 0.0459 e. The minimum Gasteiger partial charge on any atom is -0.396 e. The third-order valence-corrected chi connectivity index (χ3v) is 3.16. The van der Waals surface area contributed by atoms with E-state index >= 15 is 0 Å². The average molecular weight is 268 g/mol. The van der Waals surface area contributed by atoms with Gasteiger partial charge in [0.25, 0.3) is 0 Å². The normalized spacial score (nSPS) is 11.1. The lowest BCUT2D eigenvalue weighted by Crippen LogP contribution is -1.90. The summed E-state index contributed by atoms with van der Waals surface area (Å²) in [6.07, 6.45) is 1.75. The molecule has 2 N–H and O–H groups in total. The third-order valence-electron chi connectivity index (χ3n) is 2.67. The Balaban J connectivity index is 2.50. The molecule has 0 atom stereocenters. The predicted molar refractivity (Wildman–Crippen MR) is 66.1 cm³/mol. The number of halogens is 1. The number of aliphatic hydroxyl groups excluding tert-OH is 1. The summed E-state index contributed by atoms with van der Waals surface area (Å²) < 4.78 is 1.10. The fourth-order valence-corrected chi connectivity index (χ4v) is 2.29. The topological polar surface area (TPSA) is 36.0 Å². The number of hydrogen-bond acceptors (Lipinski definition) is 1. The first-order chi connectivity index (χ1) is 7.22. The van der Waals surface area contributed by atoms with Gasteiger partial charge in [0.1, 0.15) is 0 Å². The quantitative estimate of drug-likeness (QED) is 0.881. The molecule has 1 aromatic heterocycles. The zero-order chi connectivity index (χ0) is 10.8. The number of benzene rings is 1. The van der Waals surface area contributed by atoms with E-state index in [1.54, 1.807) is 0 Å². The largest absolute Gasteiger partial charge is 0.396 e. The number of fused-ring (bicyclic) bond motifs is 1. The Bertz CT molecular complexity index is 476. The van der Waals surface area contributed by atoms with Crippen molar-refractivity contribution in [3.8, 4) is 0 Å². The van der Waals surface area contributed by atoms with E-state index in [9.17, 15) is 0 Å². The zero-order valence-corrected chi connectivity index (χ0v) is 10.3. The summed E-state index contributed by atoms with van der Waals surface area (Å²) in [6, 6.07) is 6.24. The Hall–Kier alpha value is -0.800. The van der Waals surface area contributed by atoms with E-state index in [2.05, 4.69) is 40.0 Å². The van der Waals surface area contributed by atoms with Crippen LogP contribution in [0.2, 0.25) is 0 Å². The second kappa shape index (κ2) is 4.37. The first-order valence-electron chi connectivity index (χ1n) is 5.10. The number of aliphatic hydroxyl groups is 1. The summed E-state index contributed by atoms with van der Waals surface area (Å²) in [5.74, 6) is 0. The Morgan fingerprint density at radius 3 is 2.93 bits per heavy atom. The SMILES string of the molecule is Cc1[nH]c2ccc(Br)cc2c1CCCO. The van der Waals surface area contributed by atoms with E-state index in [1.165, 1.54) is 22.2 Å². The van der Waals surface area contributed by atoms with Crippen LogP contribution in [0.1, 0.15) is 17.7 Å². The molecule has 0 bridgehead atoms. The van der Waals surface area contributed by atoms with Crippen molar-refractivity contribution in [2.24, 2.45) is 0 Å². The molecule has 0 saturated heterocycles. The second-order valence-electron chi connectivity index (χ2n) is 3.75. The van der Waals surface area contributed by atoms with Gasteiger partial charge in [-0.2, -0.15) is 0 Å². The molecule has 2 nitrogen and oxygen atoms in total. The van der Waals surface area contributed by atoms with Crippen molar-refractivity contribution in [3.63, 3.8) is 0 Å². The molecule has 2 aromatic rings. The number of rotatable bonds is 3. The Morgan fingerprint density at radius 2 is 2.20 bits per heavy atom. The maximum absolute atomic E-state index is 8.86. The molecule has 0 unspecified atom stereocenters. The van der Waals surface area contributed by atoms with Crippen LogP contribution in [0.25, 0.3) is 10.9 Å². The van der Waals surface area contributed by atoms with Crippen LogP contribution in [0, 0.1) is 6.92 Å². The van der Waals surface area contributed by atoms with Gasteiger partial charge in [0, 0.05) is 27.7 Å². The van der Waals surface area contributed by atoms with Crippen LogP contribution in [0.4, 0.5) is 0 Å². The van der Waals surface area contributed by atoms with Crippen molar-refractivity contribution in [1.82, 2.24) is 4.98 Å². The highest BCUT2D eigenvalue weighted by atomic mass is 79.9. The first-order valence-corrected chi connectivity index (χ1v) is 5.89. The second-order valence-corrected chi connectivity index (χ2v) is 4.66. The van der Waals surface area contributed by atoms with Crippen LogP contribution in [0.15, 0.2) is 22.7 Å². The molecule has 0 aliphatic rings. The molecular weight excluding hydrogens is 254 g/mol. The zero-order valence-electron chi connectivity index (χ0n) is 8.68. The van der Waals surface area contributed by atoms with Gasteiger partial charge in [-0.3, -0.25) is 0 Å². The van der Waals surface area contributed by atoms with Gasteiger partial charge >= 0.3 is 0 Å². The molecule has 0 fully saturated rings. The summed E-state index contributed by atoms with van der Waals surface area (Å²) in [6.45, 7) is 2.33. The molecule has 0 saturated carbocycles. The van der Waals surface area contributed by atoms with Crippen LogP contribution in [0.5, 0.6) is 0 Å². The van der Waals surface area contributed by atoms with E-state index in [0.717, 1.165) is 17.3 Å². The van der Waals surface area contributed by atoms with Crippen LogP contribution in [0.3, 0.4) is 0 Å². The number of nitrogens with one attached hydrogen (secondary N) is 1. The summed E-state index contributed by atoms with van der Waals surface area (Å²) in [7, 11) is 0. The number of aryl methyl sites for hydroxylation is 2. The lowest BCUT2D eigenvalue weighted by atomic mass is 10.1. The lowest BCUT2D eigenvalue weighted by Gasteiger charge is -1.99. The monoisotopic (exact) mass is 267 g/mol. The van der Waals surface area contributed by atoms with Crippen LogP contribution in [-0.4, -0.2) is 16.7 Å². The molecule has 0 amide bonds. The summed E-state index contributed by atoms with van der Waals surface area (Å²) >= 11 is 3.48. The molecule has 3 heteroatoms. The molecule has 0 aliphatic carbocycles. The summed E-state index contributed by atoms with van der Waals surface area (Å²) in [4.78, 5) is 3.36. The summed E-state index contributed by atoms with van der Waals surface area (Å²) in [5, 5.41) is 10.1. The van der Waals surface area contributed by atoms with Gasteiger partial charge in [-0.25, -0.2) is 0 Å². The molecule has 80 valence electrons. The molecular formula is C12H14BrNO. The molecule has 0 spiro atoms.